The average molecular weight is 279 g/mol. The molecule has 1 saturated heterocycles. The normalized spacial score (nSPS) is 17.9. The van der Waals surface area contributed by atoms with Crippen molar-refractivity contribution >= 4 is 0 Å². The lowest BCUT2D eigenvalue weighted by Gasteiger charge is -2.24. The minimum atomic E-state index is -0.0672. The summed E-state index contributed by atoms with van der Waals surface area (Å²) in [5.74, 6) is 0. The second-order valence-electron chi connectivity index (χ2n) is 4.71. The standard InChI is InChI=1S/C15H13N5O/c16-6-11-1-2-13(5-12(11)7-17)20-10-19-8-14(20)15-9-18-3-4-21-15/h1-2,5,8,10,15,18H,3-4,9H2. The molecule has 21 heavy (non-hydrogen) atoms. The van der Waals surface area contributed by atoms with Crippen molar-refractivity contribution in [1.82, 2.24) is 14.9 Å². The maximum Gasteiger partial charge on any atom is 0.112 e. The molecule has 3 rings (SSSR count). The first kappa shape index (κ1) is 13.3. The molecule has 0 amide bonds. The van der Waals surface area contributed by atoms with Crippen LogP contribution in [0.25, 0.3) is 5.69 Å². The van der Waals surface area contributed by atoms with Gasteiger partial charge in [0.2, 0.25) is 0 Å². The number of rotatable bonds is 2. The van der Waals surface area contributed by atoms with E-state index in [1.165, 1.54) is 0 Å². The summed E-state index contributed by atoms with van der Waals surface area (Å²) in [4.78, 5) is 4.18. The van der Waals surface area contributed by atoms with Crippen LogP contribution in [0.15, 0.2) is 30.7 Å². The molecule has 0 bridgehead atoms. The Kier molecular flexibility index (Phi) is 3.65. The Labute approximate surface area is 122 Å². The molecule has 0 spiro atoms. The third-order valence-corrected chi connectivity index (χ3v) is 3.45. The van der Waals surface area contributed by atoms with Crippen LogP contribution in [-0.4, -0.2) is 29.2 Å². The number of hydrogen-bond acceptors (Lipinski definition) is 5. The van der Waals surface area contributed by atoms with Crippen molar-refractivity contribution in [3.8, 4) is 17.8 Å². The first-order chi connectivity index (χ1) is 10.3. The van der Waals surface area contributed by atoms with Crippen LogP contribution >= 0.6 is 0 Å². The van der Waals surface area contributed by atoms with Crippen LogP contribution in [-0.2, 0) is 4.74 Å². The Morgan fingerprint density at radius 3 is 2.86 bits per heavy atom. The molecule has 0 saturated carbocycles. The van der Waals surface area contributed by atoms with Gasteiger partial charge in [-0.2, -0.15) is 10.5 Å². The van der Waals surface area contributed by atoms with Crippen LogP contribution in [0.2, 0.25) is 0 Å². The number of imidazole rings is 1. The molecule has 0 radical (unpaired) electrons. The Bertz CT molecular complexity index is 731. The zero-order chi connectivity index (χ0) is 14.7. The summed E-state index contributed by atoms with van der Waals surface area (Å²) in [6.45, 7) is 2.24. The van der Waals surface area contributed by atoms with Gasteiger partial charge in [0.1, 0.15) is 18.2 Å². The van der Waals surface area contributed by atoms with Crippen molar-refractivity contribution in [2.75, 3.05) is 19.7 Å². The van der Waals surface area contributed by atoms with E-state index < -0.39 is 0 Å². The molecule has 1 aliphatic rings. The number of nitriles is 2. The van der Waals surface area contributed by atoms with E-state index in [9.17, 15) is 0 Å². The Morgan fingerprint density at radius 1 is 1.29 bits per heavy atom. The van der Waals surface area contributed by atoms with Crippen LogP contribution < -0.4 is 5.32 Å². The Hall–Kier alpha value is -2.67. The van der Waals surface area contributed by atoms with Crippen LogP contribution in [0.5, 0.6) is 0 Å². The molecule has 6 nitrogen and oxygen atoms in total. The molecule has 0 aliphatic carbocycles. The highest BCUT2D eigenvalue weighted by molar-refractivity contribution is 5.52. The average Bonchev–Trinajstić information content (AvgIpc) is 3.04. The minimum Gasteiger partial charge on any atom is -0.369 e. The van der Waals surface area contributed by atoms with Crippen molar-refractivity contribution in [2.24, 2.45) is 0 Å². The molecular formula is C15H13N5O. The van der Waals surface area contributed by atoms with Gasteiger partial charge in [0, 0.05) is 18.8 Å². The summed E-state index contributed by atoms with van der Waals surface area (Å²) < 4.78 is 7.63. The molecule has 2 aromatic rings. The van der Waals surface area contributed by atoms with Gasteiger partial charge in [0.25, 0.3) is 0 Å². The van der Waals surface area contributed by atoms with Gasteiger partial charge in [-0.15, -0.1) is 0 Å². The van der Waals surface area contributed by atoms with Crippen LogP contribution in [0.1, 0.15) is 22.9 Å². The number of nitrogens with zero attached hydrogens (tertiary/aromatic N) is 4. The third-order valence-electron chi connectivity index (χ3n) is 3.45. The summed E-state index contributed by atoms with van der Waals surface area (Å²) >= 11 is 0. The van der Waals surface area contributed by atoms with E-state index in [0.29, 0.717) is 17.7 Å². The van der Waals surface area contributed by atoms with Crippen LogP contribution in [0, 0.1) is 22.7 Å². The Balaban J connectivity index is 2.00. The predicted molar refractivity (Wildman–Crippen MR) is 74.6 cm³/mol. The molecule has 1 aromatic carbocycles. The molecule has 1 fully saturated rings. The molecule has 6 heteroatoms. The topological polar surface area (TPSA) is 86.7 Å². The van der Waals surface area contributed by atoms with E-state index in [0.717, 1.165) is 24.5 Å². The van der Waals surface area contributed by atoms with Crippen molar-refractivity contribution in [3.05, 3.63) is 47.5 Å². The molecule has 1 aromatic heterocycles. The fourth-order valence-corrected chi connectivity index (χ4v) is 2.39. The van der Waals surface area contributed by atoms with E-state index in [1.54, 1.807) is 30.7 Å². The van der Waals surface area contributed by atoms with Gasteiger partial charge in [0.15, 0.2) is 0 Å². The van der Waals surface area contributed by atoms with Gasteiger partial charge in [-0.25, -0.2) is 4.98 Å². The first-order valence-electron chi connectivity index (χ1n) is 6.62. The largest absolute Gasteiger partial charge is 0.369 e. The maximum atomic E-state index is 9.13. The van der Waals surface area contributed by atoms with Crippen LogP contribution in [0.4, 0.5) is 0 Å². The number of nitrogens with one attached hydrogen (secondary N) is 1. The second-order valence-corrected chi connectivity index (χ2v) is 4.71. The van der Waals surface area contributed by atoms with E-state index in [-0.39, 0.29) is 6.10 Å². The van der Waals surface area contributed by atoms with E-state index in [2.05, 4.69) is 10.3 Å². The summed E-state index contributed by atoms with van der Waals surface area (Å²) in [6.07, 6.45) is 3.39. The van der Waals surface area contributed by atoms with Gasteiger partial charge in [-0.05, 0) is 18.2 Å². The molecule has 1 unspecified atom stereocenters. The van der Waals surface area contributed by atoms with E-state index >= 15 is 0 Å². The maximum absolute atomic E-state index is 9.13. The zero-order valence-corrected chi connectivity index (χ0v) is 11.3. The summed E-state index contributed by atoms with van der Waals surface area (Å²) in [5.41, 5.74) is 2.46. The first-order valence-corrected chi connectivity index (χ1v) is 6.62. The fourth-order valence-electron chi connectivity index (χ4n) is 2.39. The van der Waals surface area contributed by atoms with Gasteiger partial charge < -0.3 is 14.6 Å². The number of hydrogen-bond donors (Lipinski definition) is 1. The SMILES string of the molecule is N#Cc1ccc(-n2cncc2C2CNCCO2)cc1C#N. The minimum absolute atomic E-state index is 0.0672. The van der Waals surface area contributed by atoms with E-state index in [1.807, 2.05) is 16.7 Å². The van der Waals surface area contributed by atoms with Crippen molar-refractivity contribution in [1.29, 1.82) is 10.5 Å². The molecule has 2 heterocycles. The molecule has 104 valence electrons. The Morgan fingerprint density at radius 2 is 2.14 bits per heavy atom. The molecule has 1 N–H and O–H groups in total. The highest BCUT2D eigenvalue weighted by atomic mass is 16.5. The summed E-state index contributed by atoms with van der Waals surface area (Å²) in [7, 11) is 0. The van der Waals surface area contributed by atoms with Gasteiger partial charge in [0.05, 0.1) is 36.0 Å². The molecular weight excluding hydrogens is 266 g/mol. The predicted octanol–water partition coefficient (Wildman–Crippen LogP) is 1.28. The lowest BCUT2D eigenvalue weighted by atomic mass is 10.1. The monoisotopic (exact) mass is 279 g/mol. The molecule has 1 atom stereocenters. The number of aromatic nitrogens is 2. The van der Waals surface area contributed by atoms with Gasteiger partial charge in [-0.1, -0.05) is 0 Å². The quantitative estimate of drug-likeness (QED) is 0.894. The smallest absolute Gasteiger partial charge is 0.112 e. The summed E-state index contributed by atoms with van der Waals surface area (Å²) in [6, 6.07) is 9.21. The fraction of sp³-hybridized carbons (Fsp3) is 0.267. The van der Waals surface area contributed by atoms with E-state index in [4.69, 9.17) is 15.3 Å². The third kappa shape index (κ3) is 2.50. The van der Waals surface area contributed by atoms with Gasteiger partial charge in [-0.3, -0.25) is 0 Å². The molecule has 1 aliphatic heterocycles. The number of morpholine rings is 1. The lowest BCUT2D eigenvalue weighted by Crippen LogP contribution is -2.34. The highest BCUT2D eigenvalue weighted by Gasteiger charge is 2.20. The van der Waals surface area contributed by atoms with Crippen molar-refractivity contribution < 1.29 is 4.74 Å². The van der Waals surface area contributed by atoms with Crippen molar-refractivity contribution in [2.45, 2.75) is 6.10 Å². The lowest BCUT2D eigenvalue weighted by molar-refractivity contribution is 0.0240. The van der Waals surface area contributed by atoms with Crippen LogP contribution in [0.3, 0.4) is 0 Å². The van der Waals surface area contributed by atoms with Gasteiger partial charge >= 0.3 is 0 Å². The number of ether oxygens (including phenoxy) is 1. The zero-order valence-electron chi connectivity index (χ0n) is 11.3. The van der Waals surface area contributed by atoms with Crippen molar-refractivity contribution in [3.63, 3.8) is 0 Å². The summed E-state index contributed by atoms with van der Waals surface area (Å²) in [5, 5.41) is 21.4. The number of benzene rings is 1. The second kappa shape index (κ2) is 5.76. The highest BCUT2D eigenvalue weighted by Crippen LogP contribution is 2.23.